The minimum atomic E-state index is -1.33. The Morgan fingerprint density at radius 2 is 2.00 bits per heavy atom. The Labute approximate surface area is 74.5 Å². The molecule has 68 valence electrons. The highest BCUT2D eigenvalue weighted by molar-refractivity contribution is 7.99. The van der Waals surface area contributed by atoms with Crippen molar-refractivity contribution in [1.82, 2.24) is 0 Å². The summed E-state index contributed by atoms with van der Waals surface area (Å²) in [6.45, 7) is 4.72. The highest BCUT2D eigenvalue weighted by Crippen LogP contribution is 2.13. The van der Waals surface area contributed by atoms with Crippen molar-refractivity contribution >= 4 is 20.1 Å². The molecule has 0 aromatic carbocycles. The fraction of sp³-hybridized carbons (Fsp3) is 1.00. The Balaban J connectivity index is 3.23. The van der Waals surface area contributed by atoms with Crippen molar-refractivity contribution in [1.29, 1.82) is 0 Å². The first-order valence-electron chi connectivity index (χ1n) is 3.86. The van der Waals surface area contributed by atoms with Crippen molar-refractivity contribution in [3.8, 4) is 0 Å². The molecule has 0 saturated heterocycles. The van der Waals surface area contributed by atoms with Crippen molar-refractivity contribution < 1.29 is 9.53 Å². The topological polar surface area (TPSA) is 29.5 Å². The van der Waals surface area contributed by atoms with Crippen LogP contribution in [0.15, 0.2) is 0 Å². The molecule has 11 heavy (non-hydrogen) atoms. The van der Waals surface area contributed by atoms with E-state index in [1.165, 1.54) is 6.04 Å². The zero-order chi connectivity index (χ0) is 8.74. The van der Waals surface area contributed by atoms with Crippen LogP contribution in [0.4, 0.5) is 0 Å². The Kier molecular flexibility index (Phi) is 6.32. The standard InChI is InChI=1S/C7H18O2SSi/c1-9-11(2,3)7-6-10-5-4-8/h8H,4-7H2,1-3H3. The maximum atomic E-state index is 8.51. The lowest BCUT2D eigenvalue weighted by molar-refractivity contribution is 0.322. The van der Waals surface area contributed by atoms with E-state index in [1.807, 2.05) is 0 Å². The number of thioether (sulfide) groups is 1. The average Bonchev–Trinajstić information content (AvgIpc) is 1.99. The summed E-state index contributed by atoms with van der Waals surface area (Å²) in [5, 5.41) is 8.51. The van der Waals surface area contributed by atoms with E-state index in [0.717, 1.165) is 11.5 Å². The van der Waals surface area contributed by atoms with Crippen LogP contribution in [0.1, 0.15) is 0 Å². The van der Waals surface area contributed by atoms with Gasteiger partial charge in [0.25, 0.3) is 0 Å². The van der Waals surface area contributed by atoms with Crippen LogP contribution in [0.5, 0.6) is 0 Å². The molecule has 0 saturated carbocycles. The van der Waals surface area contributed by atoms with Crippen LogP contribution in [-0.2, 0) is 4.43 Å². The first-order chi connectivity index (χ1) is 5.12. The van der Waals surface area contributed by atoms with Crippen molar-refractivity contribution in [2.24, 2.45) is 0 Å². The normalized spacial score (nSPS) is 12.0. The van der Waals surface area contributed by atoms with Gasteiger partial charge >= 0.3 is 0 Å². The number of aliphatic hydroxyl groups excluding tert-OH is 1. The third kappa shape index (κ3) is 6.87. The number of aliphatic hydroxyl groups is 1. The maximum Gasteiger partial charge on any atom is 0.187 e. The molecule has 0 fully saturated rings. The molecule has 0 rings (SSSR count). The van der Waals surface area contributed by atoms with Crippen molar-refractivity contribution in [2.75, 3.05) is 25.2 Å². The van der Waals surface area contributed by atoms with Crippen LogP contribution >= 0.6 is 11.8 Å². The molecule has 2 nitrogen and oxygen atoms in total. The van der Waals surface area contributed by atoms with Gasteiger partial charge in [-0.15, -0.1) is 0 Å². The van der Waals surface area contributed by atoms with Crippen LogP contribution in [0, 0.1) is 0 Å². The summed E-state index contributed by atoms with van der Waals surface area (Å²) >= 11 is 1.80. The lowest BCUT2D eigenvalue weighted by atomic mass is 10.9. The summed E-state index contributed by atoms with van der Waals surface area (Å²) in [6, 6.07) is 1.17. The summed E-state index contributed by atoms with van der Waals surface area (Å²) < 4.78 is 5.38. The van der Waals surface area contributed by atoms with E-state index in [4.69, 9.17) is 9.53 Å². The van der Waals surface area contributed by atoms with Crippen molar-refractivity contribution in [3.05, 3.63) is 0 Å². The summed E-state index contributed by atoms with van der Waals surface area (Å²) in [7, 11) is 0.465. The second-order valence-electron chi connectivity index (χ2n) is 3.05. The lowest BCUT2D eigenvalue weighted by Crippen LogP contribution is -2.28. The fourth-order valence-corrected chi connectivity index (χ4v) is 3.67. The van der Waals surface area contributed by atoms with Crippen LogP contribution < -0.4 is 0 Å². The number of hydrogen-bond donors (Lipinski definition) is 1. The first kappa shape index (κ1) is 11.5. The predicted octanol–water partition coefficient (Wildman–Crippen LogP) is 1.56. The number of hydrogen-bond acceptors (Lipinski definition) is 3. The van der Waals surface area contributed by atoms with E-state index >= 15 is 0 Å². The molecule has 0 atom stereocenters. The summed E-state index contributed by atoms with van der Waals surface area (Å²) in [5.74, 6) is 1.97. The summed E-state index contributed by atoms with van der Waals surface area (Å²) in [5.41, 5.74) is 0. The lowest BCUT2D eigenvalue weighted by Gasteiger charge is -2.18. The molecule has 0 aliphatic carbocycles. The van der Waals surface area contributed by atoms with E-state index in [-0.39, 0.29) is 0 Å². The molecule has 4 heteroatoms. The van der Waals surface area contributed by atoms with Gasteiger partial charge in [0.1, 0.15) is 0 Å². The van der Waals surface area contributed by atoms with Gasteiger partial charge in [0.15, 0.2) is 8.32 Å². The van der Waals surface area contributed by atoms with Gasteiger partial charge in [-0.2, -0.15) is 11.8 Å². The van der Waals surface area contributed by atoms with Crippen LogP contribution in [0.2, 0.25) is 19.1 Å². The monoisotopic (exact) mass is 194 g/mol. The Hall–Kier alpha value is 0.487. The van der Waals surface area contributed by atoms with Gasteiger partial charge in [0.05, 0.1) is 6.61 Å². The predicted molar refractivity (Wildman–Crippen MR) is 53.7 cm³/mol. The zero-order valence-electron chi connectivity index (χ0n) is 7.59. The molecule has 1 N–H and O–H groups in total. The Bertz CT molecular complexity index is 98.4. The van der Waals surface area contributed by atoms with Crippen LogP contribution in [0.25, 0.3) is 0 Å². The van der Waals surface area contributed by atoms with Crippen LogP contribution in [-0.4, -0.2) is 38.6 Å². The zero-order valence-corrected chi connectivity index (χ0v) is 9.41. The number of rotatable bonds is 6. The molecule has 0 bridgehead atoms. The van der Waals surface area contributed by atoms with Crippen molar-refractivity contribution in [3.63, 3.8) is 0 Å². The van der Waals surface area contributed by atoms with Gasteiger partial charge in [-0.1, -0.05) is 0 Å². The molecule has 0 aromatic heterocycles. The quantitative estimate of drug-likeness (QED) is 0.514. The average molecular weight is 194 g/mol. The smallest absolute Gasteiger partial charge is 0.187 e. The minimum absolute atomic E-state index is 0.291. The highest BCUT2D eigenvalue weighted by Gasteiger charge is 2.19. The molecular formula is C7H18O2SSi. The van der Waals surface area contributed by atoms with E-state index < -0.39 is 8.32 Å². The molecule has 0 heterocycles. The van der Waals surface area contributed by atoms with Gasteiger partial charge in [-0.3, -0.25) is 0 Å². The molecule has 0 aliphatic rings. The molecule has 0 aromatic rings. The second-order valence-corrected chi connectivity index (χ2v) is 8.70. The van der Waals surface area contributed by atoms with E-state index in [0.29, 0.717) is 6.61 Å². The third-order valence-electron chi connectivity index (χ3n) is 1.64. The highest BCUT2D eigenvalue weighted by atomic mass is 32.2. The van der Waals surface area contributed by atoms with E-state index in [1.54, 1.807) is 18.9 Å². The molecule has 0 spiro atoms. The molecule has 0 aliphatic heterocycles. The largest absolute Gasteiger partial charge is 0.420 e. The summed E-state index contributed by atoms with van der Waals surface area (Å²) in [4.78, 5) is 0. The first-order valence-corrected chi connectivity index (χ1v) is 8.13. The second kappa shape index (κ2) is 6.05. The maximum absolute atomic E-state index is 8.51. The summed E-state index contributed by atoms with van der Waals surface area (Å²) in [6.07, 6.45) is 0. The van der Waals surface area contributed by atoms with E-state index in [2.05, 4.69) is 13.1 Å². The fourth-order valence-electron chi connectivity index (χ4n) is 0.587. The molecule has 0 radical (unpaired) electrons. The van der Waals surface area contributed by atoms with Gasteiger partial charge in [-0.25, -0.2) is 0 Å². The molecule has 0 unspecified atom stereocenters. The Morgan fingerprint density at radius 1 is 1.36 bits per heavy atom. The van der Waals surface area contributed by atoms with Crippen LogP contribution in [0.3, 0.4) is 0 Å². The van der Waals surface area contributed by atoms with Gasteiger partial charge in [-0.05, 0) is 24.9 Å². The minimum Gasteiger partial charge on any atom is -0.420 e. The van der Waals surface area contributed by atoms with Gasteiger partial charge in [0, 0.05) is 12.9 Å². The third-order valence-corrected chi connectivity index (χ3v) is 5.52. The van der Waals surface area contributed by atoms with E-state index in [9.17, 15) is 0 Å². The van der Waals surface area contributed by atoms with Gasteiger partial charge < -0.3 is 9.53 Å². The van der Waals surface area contributed by atoms with Crippen molar-refractivity contribution in [2.45, 2.75) is 19.1 Å². The molecular weight excluding hydrogens is 176 g/mol. The van der Waals surface area contributed by atoms with Gasteiger partial charge in [0.2, 0.25) is 0 Å². The SMILES string of the molecule is CO[Si](C)(C)CCSCCO. The Morgan fingerprint density at radius 3 is 2.45 bits per heavy atom. The molecule has 0 amide bonds.